The molecule has 0 spiro atoms. The molecule has 0 amide bonds. The van der Waals surface area contributed by atoms with Gasteiger partial charge in [-0.15, -0.1) is 0 Å². The third-order valence-corrected chi connectivity index (χ3v) is 3.45. The van der Waals surface area contributed by atoms with E-state index in [1.54, 1.807) is 0 Å². The predicted octanol–water partition coefficient (Wildman–Crippen LogP) is 4.04. The van der Waals surface area contributed by atoms with Crippen LogP contribution in [0.4, 0.5) is 0 Å². The van der Waals surface area contributed by atoms with Gasteiger partial charge in [0.1, 0.15) is 0 Å². The summed E-state index contributed by atoms with van der Waals surface area (Å²) in [5, 5.41) is 0. The van der Waals surface area contributed by atoms with Gasteiger partial charge in [-0.1, -0.05) is 51.1 Å². The first kappa shape index (κ1) is 19.2. The number of esters is 2. The van der Waals surface area contributed by atoms with E-state index in [-0.39, 0.29) is 12.4 Å². The highest BCUT2D eigenvalue weighted by atomic mass is 35.5. The fourth-order valence-electron chi connectivity index (χ4n) is 1.93. The highest BCUT2D eigenvalue weighted by molar-refractivity contribution is 6.20. The van der Waals surface area contributed by atoms with Crippen LogP contribution in [0, 0.1) is 5.92 Å². The van der Waals surface area contributed by atoms with Crippen molar-refractivity contribution >= 4 is 23.5 Å². The average molecular weight is 307 g/mol. The van der Waals surface area contributed by atoms with Crippen molar-refractivity contribution in [3.8, 4) is 0 Å². The fraction of sp³-hybridized carbons (Fsp3) is 0.867. The monoisotopic (exact) mass is 306 g/mol. The number of rotatable bonds is 11. The molecule has 0 rings (SSSR count). The topological polar surface area (TPSA) is 52.6 Å². The van der Waals surface area contributed by atoms with Crippen LogP contribution in [0.2, 0.25) is 0 Å². The van der Waals surface area contributed by atoms with Crippen LogP contribution in [0.25, 0.3) is 0 Å². The van der Waals surface area contributed by atoms with Crippen LogP contribution in [-0.2, 0) is 19.1 Å². The third kappa shape index (κ3) is 9.18. The summed E-state index contributed by atoms with van der Waals surface area (Å²) in [6, 6.07) is 0. The minimum absolute atomic E-state index is 0.0474. The van der Waals surface area contributed by atoms with Crippen molar-refractivity contribution in [2.75, 3.05) is 7.11 Å². The summed E-state index contributed by atoms with van der Waals surface area (Å²) in [4.78, 5) is 23.4. The van der Waals surface area contributed by atoms with E-state index in [0.29, 0.717) is 12.8 Å². The van der Waals surface area contributed by atoms with Crippen LogP contribution in [0.5, 0.6) is 0 Å². The molecule has 0 aliphatic carbocycles. The van der Waals surface area contributed by atoms with Gasteiger partial charge in [0.05, 0.1) is 19.4 Å². The van der Waals surface area contributed by atoms with Crippen molar-refractivity contribution in [1.29, 1.82) is 0 Å². The van der Waals surface area contributed by atoms with E-state index in [0.717, 1.165) is 32.1 Å². The van der Waals surface area contributed by atoms with Crippen molar-refractivity contribution < 1.29 is 19.1 Å². The number of ether oxygens (including phenoxy) is 2. The summed E-state index contributed by atoms with van der Waals surface area (Å²) in [5.74, 6) is -1.19. The summed E-state index contributed by atoms with van der Waals surface area (Å²) in [6.45, 7) is 4.14. The molecule has 0 aliphatic heterocycles. The number of unbranched alkanes of at least 4 members (excludes halogenated alkanes) is 3. The Kier molecular flexibility index (Phi) is 11.5. The van der Waals surface area contributed by atoms with Crippen molar-refractivity contribution in [3.63, 3.8) is 0 Å². The van der Waals surface area contributed by atoms with E-state index in [1.165, 1.54) is 7.11 Å². The van der Waals surface area contributed by atoms with Crippen molar-refractivity contribution in [1.82, 2.24) is 0 Å². The van der Waals surface area contributed by atoms with E-state index in [1.807, 2.05) is 6.92 Å². The van der Waals surface area contributed by atoms with E-state index >= 15 is 0 Å². The standard InChI is InChI=1S/C15H27ClO4/c1-4-6-8-9-12(15(18)19-3)11-14(17)20-13(16)10-7-5-2/h12-13H,4-11H2,1-3H3. The van der Waals surface area contributed by atoms with E-state index in [4.69, 9.17) is 21.1 Å². The third-order valence-electron chi connectivity index (χ3n) is 3.15. The van der Waals surface area contributed by atoms with Crippen molar-refractivity contribution in [3.05, 3.63) is 0 Å². The van der Waals surface area contributed by atoms with Gasteiger partial charge >= 0.3 is 11.9 Å². The Morgan fingerprint density at radius 1 is 1.05 bits per heavy atom. The molecule has 2 atom stereocenters. The SMILES string of the molecule is CCCCCC(CC(=O)OC(Cl)CCCC)C(=O)OC. The first-order chi connectivity index (χ1) is 9.54. The van der Waals surface area contributed by atoms with Gasteiger partial charge < -0.3 is 9.47 Å². The van der Waals surface area contributed by atoms with Crippen LogP contribution < -0.4 is 0 Å². The molecule has 118 valence electrons. The maximum atomic E-state index is 11.8. The Labute approximate surface area is 127 Å². The molecule has 0 saturated carbocycles. The average Bonchev–Trinajstić information content (AvgIpc) is 2.43. The molecule has 20 heavy (non-hydrogen) atoms. The van der Waals surface area contributed by atoms with Gasteiger partial charge in [-0.2, -0.15) is 0 Å². The molecule has 0 bridgehead atoms. The molecule has 0 aliphatic rings. The molecule has 0 saturated heterocycles. The van der Waals surface area contributed by atoms with Gasteiger partial charge in [0.2, 0.25) is 0 Å². The van der Waals surface area contributed by atoms with Crippen LogP contribution in [-0.4, -0.2) is 24.6 Å². The normalized spacial score (nSPS) is 13.6. The molecule has 0 heterocycles. The zero-order chi connectivity index (χ0) is 15.4. The van der Waals surface area contributed by atoms with Gasteiger partial charge in [0.15, 0.2) is 5.56 Å². The number of carbonyl (C=O) groups excluding carboxylic acids is 2. The maximum Gasteiger partial charge on any atom is 0.309 e. The first-order valence-corrected chi connectivity index (χ1v) is 7.90. The minimum atomic E-state index is -0.601. The Balaban J connectivity index is 4.19. The number of alkyl halides is 1. The molecule has 0 aromatic carbocycles. The lowest BCUT2D eigenvalue weighted by molar-refractivity contribution is -0.154. The van der Waals surface area contributed by atoms with Gasteiger partial charge in [-0.25, -0.2) is 0 Å². The Morgan fingerprint density at radius 3 is 2.25 bits per heavy atom. The molecular formula is C15H27ClO4. The van der Waals surface area contributed by atoms with Gasteiger partial charge in [0.25, 0.3) is 0 Å². The molecule has 4 nitrogen and oxygen atoms in total. The number of halogens is 1. The summed E-state index contributed by atoms with van der Waals surface area (Å²) < 4.78 is 9.84. The fourth-order valence-corrected chi connectivity index (χ4v) is 2.18. The summed E-state index contributed by atoms with van der Waals surface area (Å²) >= 11 is 5.92. The van der Waals surface area contributed by atoms with Crippen LogP contribution in [0.15, 0.2) is 0 Å². The largest absolute Gasteiger partial charge is 0.469 e. The Morgan fingerprint density at radius 2 is 1.70 bits per heavy atom. The number of methoxy groups -OCH3 is 1. The zero-order valence-electron chi connectivity index (χ0n) is 12.8. The Bertz CT molecular complexity index is 281. The van der Waals surface area contributed by atoms with Crippen LogP contribution in [0.1, 0.15) is 65.2 Å². The van der Waals surface area contributed by atoms with Gasteiger partial charge in [-0.05, 0) is 19.3 Å². The molecular weight excluding hydrogens is 280 g/mol. The summed E-state index contributed by atoms with van der Waals surface area (Å²) in [6.07, 6.45) is 6.27. The summed E-state index contributed by atoms with van der Waals surface area (Å²) in [7, 11) is 1.34. The van der Waals surface area contributed by atoms with Crippen LogP contribution >= 0.6 is 11.6 Å². The predicted molar refractivity (Wildman–Crippen MR) is 79.5 cm³/mol. The number of carbonyl (C=O) groups is 2. The second-order valence-electron chi connectivity index (χ2n) is 4.96. The molecule has 2 unspecified atom stereocenters. The Hall–Kier alpha value is -0.770. The lowest BCUT2D eigenvalue weighted by Gasteiger charge is -2.15. The second-order valence-corrected chi connectivity index (χ2v) is 5.45. The number of hydrogen-bond donors (Lipinski definition) is 0. The van der Waals surface area contributed by atoms with Crippen molar-refractivity contribution in [2.45, 2.75) is 70.8 Å². The quantitative estimate of drug-likeness (QED) is 0.328. The molecule has 0 N–H and O–H groups in total. The van der Waals surface area contributed by atoms with Gasteiger partial charge in [-0.3, -0.25) is 9.59 Å². The smallest absolute Gasteiger partial charge is 0.309 e. The van der Waals surface area contributed by atoms with E-state index < -0.39 is 17.5 Å². The van der Waals surface area contributed by atoms with Gasteiger partial charge in [0, 0.05) is 0 Å². The highest BCUT2D eigenvalue weighted by Gasteiger charge is 2.24. The molecule has 0 radical (unpaired) electrons. The molecule has 0 aromatic rings. The number of hydrogen-bond acceptors (Lipinski definition) is 4. The van der Waals surface area contributed by atoms with Crippen molar-refractivity contribution in [2.24, 2.45) is 5.92 Å². The molecule has 5 heteroatoms. The first-order valence-electron chi connectivity index (χ1n) is 7.46. The molecule has 0 aromatic heterocycles. The maximum absolute atomic E-state index is 11.8. The lowest BCUT2D eigenvalue weighted by atomic mass is 9.98. The van der Waals surface area contributed by atoms with E-state index in [2.05, 4.69) is 6.92 Å². The van der Waals surface area contributed by atoms with E-state index in [9.17, 15) is 9.59 Å². The minimum Gasteiger partial charge on any atom is -0.469 e. The summed E-state index contributed by atoms with van der Waals surface area (Å²) in [5.41, 5.74) is -0.601. The molecule has 0 fully saturated rings. The lowest BCUT2D eigenvalue weighted by Crippen LogP contribution is -2.23. The zero-order valence-corrected chi connectivity index (χ0v) is 13.6. The second kappa shape index (κ2) is 12.0. The highest BCUT2D eigenvalue weighted by Crippen LogP contribution is 2.18. The van der Waals surface area contributed by atoms with Crippen LogP contribution in [0.3, 0.4) is 0 Å².